The van der Waals surface area contributed by atoms with Gasteiger partial charge in [0.05, 0.1) is 18.2 Å². The molecule has 2 fully saturated rings. The van der Waals surface area contributed by atoms with E-state index in [1.165, 1.54) is 6.07 Å². The Bertz CT molecular complexity index is 674. The number of rotatable bonds is 5. The van der Waals surface area contributed by atoms with Gasteiger partial charge in [0.25, 0.3) is 0 Å². The van der Waals surface area contributed by atoms with Crippen LogP contribution in [-0.4, -0.2) is 78.1 Å². The van der Waals surface area contributed by atoms with E-state index in [4.69, 9.17) is 4.74 Å². The molecule has 29 heavy (non-hydrogen) atoms. The van der Waals surface area contributed by atoms with Gasteiger partial charge >= 0.3 is 0 Å². The van der Waals surface area contributed by atoms with Crippen LogP contribution in [0.2, 0.25) is 0 Å². The van der Waals surface area contributed by atoms with Gasteiger partial charge in [-0.05, 0) is 32.3 Å². The van der Waals surface area contributed by atoms with Crippen LogP contribution >= 0.6 is 0 Å². The molecule has 3 unspecified atom stereocenters. The Kier molecular flexibility index (Phi) is 7.66. The smallest absolute Gasteiger partial charge is 0.240 e. The van der Waals surface area contributed by atoms with Crippen molar-refractivity contribution in [3.05, 3.63) is 35.6 Å². The number of benzene rings is 1. The van der Waals surface area contributed by atoms with Crippen LogP contribution in [-0.2, 0) is 16.1 Å². The van der Waals surface area contributed by atoms with E-state index in [0.29, 0.717) is 13.1 Å². The van der Waals surface area contributed by atoms with Crippen molar-refractivity contribution in [1.82, 2.24) is 14.7 Å². The molecular weight excluding hydrogens is 369 g/mol. The minimum absolute atomic E-state index is 0.109. The summed E-state index contributed by atoms with van der Waals surface area (Å²) in [5.74, 6) is 0.326. The van der Waals surface area contributed by atoms with E-state index in [9.17, 15) is 9.18 Å². The van der Waals surface area contributed by atoms with Crippen LogP contribution in [0.3, 0.4) is 0 Å². The highest BCUT2D eigenvalue weighted by molar-refractivity contribution is 5.82. The monoisotopic (exact) mass is 405 g/mol. The van der Waals surface area contributed by atoms with Crippen molar-refractivity contribution >= 4 is 5.91 Å². The standard InChI is InChI=1S/C23H36FN3O2/c1-17(2)22(27-14-18(3)29-19(4)15-27)23(28)26-11-7-10-25(12-13-26)16-20-8-5-6-9-21(20)24/h5-6,8-9,17-19,22H,7,10-16H2,1-4H3. The number of carbonyl (C=O) groups excluding carboxylic acids is 1. The molecule has 1 aromatic rings. The van der Waals surface area contributed by atoms with E-state index < -0.39 is 0 Å². The SMILES string of the molecule is CC1CN(C(C(=O)N2CCCN(Cc3ccccc3F)CC2)C(C)C)CC(C)O1. The third kappa shape index (κ3) is 5.77. The van der Waals surface area contributed by atoms with Gasteiger partial charge in [0.15, 0.2) is 0 Å². The highest BCUT2D eigenvalue weighted by atomic mass is 19.1. The molecular formula is C23H36FN3O2. The van der Waals surface area contributed by atoms with Gasteiger partial charge in [-0.15, -0.1) is 0 Å². The normalized spacial score (nSPS) is 25.8. The topological polar surface area (TPSA) is 36.0 Å². The zero-order valence-electron chi connectivity index (χ0n) is 18.3. The Balaban J connectivity index is 1.63. The van der Waals surface area contributed by atoms with Gasteiger partial charge in [0.1, 0.15) is 5.82 Å². The summed E-state index contributed by atoms with van der Waals surface area (Å²) in [6.07, 6.45) is 1.21. The maximum Gasteiger partial charge on any atom is 0.240 e. The molecule has 0 spiro atoms. The van der Waals surface area contributed by atoms with E-state index >= 15 is 0 Å². The van der Waals surface area contributed by atoms with Crippen molar-refractivity contribution in [2.45, 2.75) is 58.9 Å². The quantitative estimate of drug-likeness (QED) is 0.755. The molecule has 5 nitrogen and oxygen atoms in total. The summed E-state index contributed by atoms with van der Waals surface area (Å²) in [7, 11) is 0. The number of amides is 1. The van der Waals surface area contributed by atoms with Gasteiger partial charge in [-0.3, -0.25) is 14.6 Å². The fourth-order valence-corrected chi connectivity index (χ4v) is 4.71. The molecule has 0 aliphatic carbocycles. The number of hydrogen-bond donors (Lipinski definition) is 0. The summed E-state index contributed by atoms with van der Waals surface area (Å²) >= 11 is 0. The second-order valence-electron chi connectivity index (χ2n) is 8.95. The molecule has 0 N–H and O–H groups in total. The van der Waals surface area contributed by atoms with Crippen LogP contribution < -0.4 is 0 Å². The third-order valence-corrected chi connectivity index (χ3v) is 5.98. The van der Waals surface area contributed by atoms with E-state index in [0.717, 1.165) is 44.7 Å². The lowest BCUT2D eigenvalue weighted by Gasteiger charge is -2.42. The summed E-state index contributed by atoms with van der Waals surface area (Å²) in [5.41, 5.74) is 0.726. The van der Waals surface area contributed by atoms with Gasteiger partial charge in [0.2, 0.25) is 5.91 Å². The highest BCUT2D eigenvalue weighted by Crippen LogP contribution is 2.21. The molecule has 1 amide bonds. The molecule has 2 heterocycles. The molecule has 0 aromatic heterocycles. The number of nitrogens with zero attached hydrogens (tertiary/aromatic N) is 3. The first-order valence-corrected chi connectivity index (χ1v) is 11.0. The molecule has 2 saturated heterocycles. The van der Waals surface area contributed by atoms with E-state index in [2.05, 4.69) is 37.5 Å². The predicted octanol–water partition coefficient (Wildman–Crippen LogP) is 2.99. The van der Waals surface area contributed by atoms with E-state index in [1.807, 2.05) is 17.0 Å². The lowest BCUT2D eigenvalue weighted by atomic mass is 9.99. The first-order chi connectivity index (χ1) is 13.8. The Morgan fingerprint density at radius 3 is 2.45 bits per heavy atom. The first-order valence-electron chi connectivity index (χ1n) is 11.0. The molecule has 162 valence electrons. The Morgan fingerprint density at radius 2 is 1.79 bits per heavy atom. The first kappa shape index (κ1) is 22.2. The molecule has 3 atom stereocenters. The maximum absolute atomic E-state index is 14.0. The van der Waals surface area contributed by atoms with Crippen molar-refractivity contribution in [3.8, 4) is 0 Å². The van der Waals surface area contributed by atoms with Crippen LogP contribution in [0.15, 0.2) is 24.3 Å². The zero-order valence-corrected chi connectivity index (χ0v) is 18.3. The van der Waals surface area contributed by atoms with Crippen LogP contribution in [0, 0.1) is 11.7 Å². The number of carbonyl (C=O) groups is 1. The summed E-state index contributed by atoms with van der Waals surface area (Å²) in [5, 5.41) is 0. The zero-order chi connectivity index (χ0) is 21.0. The van der Waals surface area contributed by atoms with Gasteiger partial charge in [-0.1, -0.05) is 32.0 Å². The highest BCUT2D eigenvalue weighted by Gasteiger charge is 2.36. The fraction of sp³-hybridized carbons (Fsp3) is 0.696. The number of ether oxygens (including phenoxy) is 1. The lowest BCUT2D eigenvalue weighted by Crippen LogP contribution is -2.58. The molecule has 0 bridgehead atoms. The Labute approximate surface area is 174 Å². The van der Waals surface area contributed by atoms with Crippen molar-refractivity contribution in [2.24, 2.45) is 5.92 Å². The second-order valence-corrected chi connectivity index (χ2v) is 8.95. The maximum atomic E-state index is 14.0. The molecule has 2 aliphatic heterocycles. The molecule has 3 rings (SSSR count). The molecule has 0 radical (unpaired) electrons. The van der Waals surface area contributed by atoms with Gasteiger partial charge in [0, 0.05) is 51.4 Å². The lowest BCUT2D eigenvalue weighted by molar-refractivity contribution is -0.145. The average molecular weight is 406 g/mol. The van der Waals surface area contributed by atoms with Crippen LogP contribution in [0.5, 0.6) is 0 Å². The number of hydrogen-bond acceptors (Lipinski definition) is 4. The van der Waals surface area contributed by atoms with Crippen LogP contribution in [0.1, 0.15) is 39.7 Å². The summed E-state index contributed by atoms with van der Waals surface area (Å²) in [6.45, 7) is 13.8. The van der Waals surface area contributed by atoms with Gasteiger partial charge < -0.3 is 9.64 Å². The summed E-state index contributed by atoms with van der Waals surface area (Å²) in [6, 6.07) is 6.85. The van der Waals surface area contributed by atoms with Gasteiger partial charge in [-0.25, -0.2) is 4.39 Å². The van der Waals surface area contributed by atoms with Gasteiger partial charge in [-0.2, -0.15) is 0 Å². The average Bonchev–Trinajstić information content (AvgIpc) is 2.88. The molecule has 0 saturated carbocycles. The van der Waals surface area contributed by atoms with E-state index in [-0.39, 0.29) is 35.9 Å². The molecule has 1 aromatic carbocycles. The van der Waals surface area contributed by atoms with Crippen molar-refractivity contribution < 1.29 is 13.9 Å². The second kappa shape index (κ2) is 10.0. The fourth-order valence-electron chi connectivity index (χ4n) is 4.71. The number of morpholine rings is 1. The largest absolute Gasteiger partial charge is 0.373 e. The van der Waals surface area contributed by atoms with Crippen molar-refractivity contribution in [1.29, 1.82) is 0 Å². The van der Waals surface area contributed by atoms with Crippen LogP contribution in [0.25, 0.3) is 0 Å². The summed E-state index contributed by atoms with van der Waals surface area (Å²) in [4.78, 5) is 20.1. The Hall–Kier alpha value is -1.50. The van der Waals surface area contributed by atoms with Crippen LogP contribution in [0.4, 0.5) is 4.39 Å². The minimum Gasteiger partial charge on any atom is -0.373 e. The third-order valence-electron chi connectivity index (χ3n) is 5.98. The minimum atomic E-state index is -0.153. The molecule has 6 heteroatoms. The van der Waals surface area contributed by atoms with Crippen molar-refractivity contribution in [3.63, 3.8) is 0 Å². The molecule has 2 aliphatic rings. The van der Waals surface area contributed by atoms with E-state index in [1.54, 1.807) is 6.07 Å². The predicted molar refractivity (Wildman–Crippen MR) is 113 cm³/mol. The van der Waals surface area contributed by atoms with Crippen molar-refractivity contribution in [2.75, 3.05) is 39.3 Å². The number of halogens is 1. The Morgan fingerprint density at radius 1 is 1.10 bits per heavy atom. The summed E-state index contributed by atoms with van der Waals surface area (Å²) < 4.78 is 19.9.